The van der Waals surface area contributed by atoms with Crippen LogP contribution in [-0.2, 0) is 16.9 Å². The van der Waals surface area contributed by atoms with E-state index in [1.54, 1.807) is 13.2 Å². The topological polar surface area (TPSA) is 85.0 Å². The number of halogens is 1. The van der Waals surface area contributed by atoms with Crippen molar-refractivity contribution in [3.05, 3.63) is 94.0 Å². The molecule has 0 spiro atoms. The Morgan fingerprint density at radius 2 is 1.87 bits per heavy atom. The fourth-order valence-corrected chi connectivity index (χ4v) is 5.66. The van der Waals surface area contributed by atoms with Crippen LogP contribution in [0.15, 0.2) is 66.7 Å². The zero-order valence-electron chi connectivity index (χ0n) is 22.9. The number of hydrogen-bond acceptors (Lipinski definition) is 5. The predicted octanol–water partition coefficient (Wildman–Crippen LogP) is 6.46. The number of aliphatic hydroxyl groups is 1. The Kier molecular flexibility index (Phi) is 10.0. The van der Waals surface area contributed by atoms with Crippen molar-refractivity contribution in [1.82, 2.24) is 4.90 Å². The number of nitrogens with zero attached hydrogens (tertiary/aromatic N) is 1. The van der Waals surface area contributed by atoms with E-state index in [4.69, 9.17) is 26.8 Å². The van der Waals surface area contributed by atoms with E-state index in [1.807, 2.05) is 72.5 Å². The average Bonchev–Trinajstić information content (AvgIpc) is 2.97. The fraction of sp³-hybridized carbons (Fsp3) is 0.406. The van der Waals surface area contributed by atoms with Gasteiger partial charge in [0.05, 0.1) is 10.6 Å². The molecule has 3 aromatic carbocycles. The molecule has 3 N–H and O–H groups in total. The van der Waals surface area contributed by atoms with Crippen molar-refractivity contribution in [3.8, 4) is 11.5 Å². The smallest absolute Gasteiger partial charge is 0.253 e. The van der Waals surface area contributed by atoms with Crippen LogP contribution in [0.4, 0.5) is 0 Å². The summed E-state index contributed by atoms with van der Waals surface area (Å²) < 4.78 is 11.7. The Morgan fingerprint density at radius 3 is 2.59 bits per heavy atom. The van der Waals surface area contributed by atoms with Crippen molar-refractivity contribution in [3.63, 3.8) is 0 Å². The Hall–Kier alpha value is -2.90. The van der Waals surface area contributed by atoms with Crippen molar-refractivity contribution in [2.45, 2.75) is 51.2 Å². The zero-order chi connectivity index (χ0) is 27.8. The van der Waals surface area contributed by atoms with Crippen LogP contribution < -0.4 is 10.5 Å². The van der Waals surface area contributed by atoms with Gasteiger partial charge in [-0.15, -0.1) is 0 Å². The van der Waals surface area contributed by atoms with Gasteiger partial charge in [0.15, 0.2) is 5.75 Å². The molecule has 3 aromatic rings. The van der Waals surface area contributed by atoms with Crippen LogP contribution in [-0.4, -0.2) is 42.7 Å². The van der Waals surface area contributed by atoms with Gasteiger partial charge in [0.1, 0.15) is 5.75 Å². The highest BCUT2D eigenvalue weighted by molar-refractivity contribution is 6.32. The molecule has 0 aromatic heterocycles. The summed E-state index contributed by atoms with van der Waals surface area (Å²) in [6.45, 7) is 4.12. The molecule has 2 unspecified atom stereocenters. The quantitative estimate of drug-likeness (QED) is 0.268. The van der Waals surface area contributed by atoms with Gasteiger partial charge in [-0.2, -0.15) is 0 Å². The third-order valence-electron chi connectivity index (χ3n) is 7.72. The minimum absolute atomic E-state index is 0.0347. The van der Waals surface area contributed by atoms with Crippen LogP contribution in [0.2, 0.25) is 5.02 Å². The minimum atomic E-state index is -1.25. The van der Waals surface area contributed by atoms with E-state index in [9.17, 15) is 9.90 Å². The fourth-order valence-electron chi connectivity index (χ4n) is 5.45. The summed E-state index contributed by atoms with van der Waals surface area (Å²) in [6, 6.07) is 20.7. The first-order valence-electron chi connectivity index (χ1n) is 13.7. The SMILES string of the molecule is COCCCCC(O)(c1cccc(Cl)c1Oc1ccccc1C)C1CCCN(C(=O)c2ccc(CN)cc2)C1. The first kappa shape index (κ1) is 29.1. The van der Waals surface area contributed by atoms with Gasteiger partial charge in [0, 0.05) is 50.4 Å². The number of methoxy groups -OCH3 is 1. The van der Waals surface area contributed by atoms with Crippen molar-refractivity contribution < 1.29 is 19.4 Å². The van der Waals surface area contributed by atoms with Crippen LogP contribution in [0, 0.1) is 12.8 Å². The Labute approximate surface area is 236 Å². The van der Waals surface area contributed by atoms with E-state index in [-0.39, 0.29) is 11.8 Å². The lowest BCUT2D eigenvalue weighted by Crippen LogP contribution is -2.48. The normalized spacial score (nSPS) is 17.1. The highest BCUT2D eigenvalue weighted by Gasteiger charge is 2.43. The molecule has 208 valence electrons. The van der Waals surface area contributed by atoms with Gasteiger partial charge in [-0.1, -0.05) is 54.1 Å². The predicted molar refractivity (Wildman–Crippen MR) is 155 cm³/mol. The first-order chi connectivity index (χ1) is 18.9. The number of para-hydroxylation sites is 2. The standard InChI is InChI=1S/C32H39ClN2O4/c1-23-9-3-4-13-29(23)39-30-27(11-7-12-28(30)33)32(37,18-5-6-20-38-2)26-10-8-19-35(22-26)31(36)25-16-14-24(21-34)15-17-25/h3-4,7,9,11-17,26,37H,5-6,8,10,18-22,34H2,1-2H3. The molecule has 4 rings (SSSR count). The van der Waals surface area contributed by atoms with Crippen molar-refractivity contribution in [1.29, 1.82) is 0 Å². The number of rotatable bonds is 11. The number of aryl methyl sites for hydroxylation is 1. The lowest BCUT2D eigenvalue weighted by molar-refractivity contribution is -0.0589. The summed E-state index contributed by atoms with van der Waals surface area (Å²) >= 11 is 6.71. The maximum atomic E-state index is 13.5. The second kappa shape index (κ2) is 13.4. The molecule has 0 bridgehead atoms. The molecule has 0 saturated carbocycles. The third kappa shape index (κ3) is 6.82. The molecular formula is C32H39ClN2O4. The van der Waals surface area contributed by atoms with Crippen LogP contribution in [0.25, 0.3) is 0 Å². The van der Waals surface area contributed by atoms with Crippen LogP contribution in [0.1, 0.15) is 59.2 Å². The van der Waals surface area contributed by atoms with Crippen LogP contribution >= 0.6 is 11.6 Å². The number of carbonyl (C=O) groups is 1. The molecule has 0 radical (unpaired) electrons. The number of piperidine rings is 1. The number of carbonyl (C=O) groups excluding carboxylic acids is 1. The van der Waals surface area contributed by atoms with Crippen molar-refractivity contribution in [2.75, 3.05) is 26.8 Å². The molecule has 1 fully saturated rings. The lowest BCUT2D eigenvalue weighted by atomic mass is 9.73. The Morgan fingerprint density at radius 1 is 1.10 bits per heavy atom. The van der Waals surface area contributed by atoms with E-state index in [0.29, 0.717) is 60.3 Å². The molecule has 1 aliphatic heterocycles. The number of amides is 1. The van der Waals surface area contributed by atoms with Gasteiger partial charge < -0.3 is 25.2 Å². The Balaban J connectivity index is 1.67. The van der Waals surface area contributed by atoms with Gasteiger partial charge in [-0.05, 0) is 74.4 Å². The van der Waals surface area contributed by atoms with Gasteiger partial charge in [0.2, 0.25) is 0 Å². The second-order valence-corrected chi connectivity index (χ2v) is 10.8. The largest absolute Gasteiger partial charge is 0.455 e. The van der Waals surface area contributed by atoms with Crippen molar-refractivity contribution >= 4 is 17.5 Å². The van der Waals surface area contributed by atoms with E-state index < -0.39 is 5.60 Å². The molecule has 0 aliphatic carbocycles. The van der Waals surface area contributed by atoms with E-state index >= 15 is 0 Å². The second-order valence-electron chi connectivity index (χ2n) is 10.3. The number of hydrogen-bond donors (Lipinski definition) is 2. The van der Waals surface area contributed by atoms with Gasteiger partial charge in [0.25, 0.3) is 5.91 Å². The summed E-state index contributed by atoms with van der Waals surface area (Å²) in [4.78, 5) is 15.3. The zero-order valence-corrected chi connectivity index (χ0v) is 23.6. The van der Waals surface area contributed by atoms with Gasteiger partial charge in [-0.25, -0.2) is 0 Å². The molecule has 2 atom stereocenters. The minimum Gasteiger partial charge on any atom is -0.455 e. The average molecular weight is 551 g/mol. The van der Waals surface area contributed by atoms with E-state index in [0.717, 1.165) is 36.8 Å². The molecule has 1 saturated heterocycles. The third-order valence-corrected chi connectivity index (χ3v) is 8.01. The van der Waals surface area contributed by atoms with Crippen LogP contribution in [0.5, 0.6) is 11.5 Å². The summed E-state index contributed by atoms with van der Waals surface area (Å²) in [5.41, 5.74) is 7.72. The maximum Gasteiger partial charge on any atom is 0.253 e. The van der Waals surface area contributed by atoms with E-state index in [1.165, 1.54) is 0 Å². The summed E-state index contributed by atoms with van der Waals surface area (Å²) in [6.07, 6.45) is 3.65. The van der Waals surface area contributed by atoms with E-state index in [2.05, 4.69) is 0 Å². The molecule has 39 heavy (non-hydrogen) atoms. The molecular weight excluding hydrogens is 512 g/mol. The highest BCUT2D eigenvalue weighted by Crippen LogP contribution is 2.47. The molecule has 1 aliphatic rings. The monoisotopic (exact) mass is 550 g/mol. The molecule has 7 heteroatoms. The summed E-state index contributed by atoms with van der Waals surface area (Å²) in [5, 5.41) is 13.0. The lowest BCUT2D eigenvalue weighted by Gasteiger charge is -2.43. The van der Waals surface area contributed by atoms with Gasteiger partial charge >= 0.3 is 0 Å². The number of unbranched alkanes of at least 4 members (excludes halogenated alkanes) is 1. The molecule has 1 amide bonds. The number of benzene rings is 3. The Bertz CT molecular complexity index is 1250. The number of likely N-dealkylation sites (tertiary alicyclic amines) is 1. The summed E-state index contributed by atoms with van der Waals surface area (Å²) in [7, 11) is 1.68. The number of nitrogens with two attached hydrogens (primary N) is 1. The van der Waals surface area contributed by atoms with Crippen molar-refractivity contribution in [2.24, 2.45) is 11.7 Å². The van der Waals surface area contributed by atoms with Crippen LogP contribution in [0.3, 0.4) is 0 Å². The van der Waals surface area contributed by atoms with Gasteiger partial charge in [-0.3, -0.25) is 4.79 Å². The molecule has 6 nitrogen and oxygen atoms in total. The first-order valence-corrected chi connectivity index (χ1v) is 14.1. The maximum absolute atomic E-state index is 13.5. The highest BCUT2D eigenvalue weighted by atomic mass is 35.5. The summed E-state index contributed by atoms with van der Waals surface area (Å²) in [5.74, 6) is 0.921. The number of ether oxygens (including phenoxy) is 2. The molecule has 1 heterocycles.